The molecule has 0 saturated carbocycles. The lowest BCUT2D eigenvalue weighted by atomic mass is 10.2. The Morgan fingerprint density at radius 1 is 1.22 bits per heavy atom. The van der Waals surface area contributed by atoms with Crippen molar-refractivity contribution in [3.8, 4) is 10.6 Å². The summed E-state index contributed by atoms with van der Waals surface area (Å²) in [5, 5.41) is 12.4. The highest BCUT2D eigenvalue weighted by Crippen LogP contribution is 2.27. The van der Waals surface area contributed by atoms with Crippen molar-refractivity contribution in [2.75, 3.05) is 0 Å². The Bertz CT molecular complexity index is 802. The van der Waals surface area contributed by atoms with Crippen molar-refractivity contribution in [2.24, 2.45) is 0 Å². The van der Waals surface area contributed by atoms with Gasteiger partial charge in [-0.1, -0.05) is 47.7 Å². The molecular formula is C17H18N4S2. The van der Waals surface area contributed by atoms with E-state index in [4.69, 9.17) is 4.98 Å². The normalized spacial score (nSPS) is 10.9. The van der Waals surface area contributed by atoms with E-state index in [0.717, 1.165) is 34.0 Å². The van der Waals surface area contributed by atoms with Gasteiger partial charge in [0.05, 0.1) is 5.69 Å². The molecule has 1 aromatic carbocycles. The van der Waals surface area contributed by atoms with Gasteiger partial charge in [0.15, 0.2) is 5.16 Å². The molecule has 0 fully saturated rings. The zero-order chi connectivity index (χ0) is 16.2. The summed E-state index contributed by atoms with van der Waals surface area (Å²) in [5.41, 5.74) is 3.50. The summed E-state index contributed by atoms with van der Waals surface area (Å²) in [6.07, 6.45) is 1.86. The molecule has 0 aliphatic heterocycles. The van der Waals surface area contributed by atoms with Crippen LogP contribution in [0.15, 0.2) is 47.5 Å². The molecule has 0 aliphatic rings. The summed E-state index contributed by atoms with van der Waals surface area (Å²) < 4.78 is 2.06. The minimum Gasteiger partial charge on any atom is -0.302 e. The van der Waals surface area contributed by atoms with Crippen LogP contribution in [0.1, 0.15) is 17.1 Å². The van der Waals surface area contributed by atoms with E-state index in [2.05, 4.69) is 57.9 Å². The Labute approximate surface area is 144 Å². The summed E-state index contributed by atoms with van der Waals surface area (Å²) in [4.78, 5) is 4.73. The van der Waals surface area contributed by atoms with Gasteiger partial charge in [-0.05, 0) is 13.8 Å². The molecule has 0 aliphatic carbocycles. The first-order chi connectivity index (χ1) is 11.2. The molecule has 0 unspecified atom stereocenters. The van der Waals surface area contributed by atoms with E-state index in [1.165, 1.54) is 11.1 Å². The molecule has 0 amide bonds. The summed E-state index contributed by atoms with van der Waals surface area (Å²) in [6.45, 7) is 8.56. The van der Waals surface area contributed by atoms with Crippen LogP contribution in [0.3, 0.4) is 0 Å². The minimum atomic E-state index is 0.729. The van der Waals surface area contributed by atoms with Crippen molar-refractivity contribution in [1.29, 1.82) is 0 Å². The largest absolute Gasteiger partial charge is 0.302 e. The van der Waals surface area contributed by atoms with Crippen LogP contribution in [0, 0.1) is 13.8 Å². The summed E-state index contributed by atoms with van der Waals surface area (Å²) >= 11 is 3.34. The van der Waals surface area contributed by atoms with Crippen LogP contribution >= 0.6 is 23.1 Å². The second-order valence-electron chi connectivity index (χ2n) is 5.23. The van der Waals surface area contributed by atoms with E-state index in [9.17, 15) is 0 Å². The van der Waals surface area contributed by atoms with E-state index in [1.54, 1.807) is 23.1 Å². The fourth-order valence-corrected chi connectivity index (χ4v) is 3.97. The summed E-state index contributed by atoms with van der Waals surface area (Å²) in [7, 11) is 0. The van der Waals surface area contributed by atoms with Crippen molar-refractivity contribution in [1.82, 2.24) is 19.7 Å². The average molecular weight is 342 g/mol. The lowest BCUT2D eigenvalue weighted by molar-refractivity contribution is 0.703. The third-order valence-electron chi connectivity index (χ3n) is 3.41. The van der Waals surface area contributed by atoms with E-state index in [1.807, 2.05) is 13.0 Å². The predicted molar refractivity (Wildman–Crippen MR) is 96.8 cm³/mol. The molecule has 4 nitrogen and oxygen atoms in total. The van der Waals surface area contributed by atoms with E-state index < -0.39 is 0 Å². The van der Waals surface area contributed by atoms with Crippen LogP contribution in [-0.4, -0.2) is 19.7 Å². The molecular weight excluding hydrogens is 324 g/mol. The van der Waals surface area contributed by atoms with Crippen LogP contribution in [0.25, 0.3) is 10.6 Å². The van der Waals surface area contributed by atoms with Crippen molar-refractivity contribution >= 4 is 23.1 Å². The molecule has 0 N–H and O–H groups in total. The first-order valence-corrected chi connectivity index (χ1v) is 9.19. The monoisotopic (exact) mass is 342 g/mol. The second-order valence-corrected chi connectivity index (χ2v) is 7.03. The minimum absolute atomic E-state index is 0.729. The zero-order valence-corrected chi connectivity index (χ0v) is 14.8. The second kappa shape index (κ2) is 7.10. The van der Waals surface area contributed by atoms with Crippen LogP contribution in [0.2, 0.25) is 0 Å². The molecule has 3 aromatic rings. The smallest absolute Gasteiger partial charge is 0.191 e. The van der Waals surface area contributed by atoms with Crippen LogP contribution in [0.5, 0.6) is 0 Å². The molecule has 0 spiro atoms. The average Bonchev–Trinajstić information content (AvgIpc) is 3.15. The fourth-order valence-electron chi connectivity index (χ4n) is 2.15. The van der Waals surface area contributed by atoms with Gasteiger partial charge in [0.25, 0.3) is 0 Å². The number of nitrogens with zero attached hydrogens (tertiary/aromatic N) is 4. The number of thiazole rings is 1. The van der Waals surface area contributed by atoms with Crippen LogP contribution < -0.4 is 0 Å². The molecule has 0 bridgehead atoms. The third kappa shape index (κ3) is 3.71. The zero-order valence-electron chi connectivity index (χ0n) is 13.2. The topological polar surface area (TPSA) is 43.6 Å². The Kier molecular flexibility index (Phi) is 4.93. The Balaban J connectivity index is 1.70. The number of aromatic nitrogens is 4. The molecule has 3 rings (SSSR count). The SMILES string of the molecule is C=CCn1c(C)nnc1SCc1csc(-c2ccc(C)cc2)n1. The van der Waals surface area contributed by atoms with Crippen LogP contribution in [0.4, 0.5) is 0 Å². The molecule has 0 atom stereocenters. The maximum Gasteiger partial charge on any atom is 0.191 e. The van der Waals surface area contributed by atoms with Gasteiger partial charge < -0.3 is 4.57 Å². The lowest BCUT2D eigenvalue weighted by Gasteiger charge is -2.03. The van der Waals surface area contributed by atoms with Gasteiger partial charge in [-0.15, -0.1) is 28.1 Å². The van der Waals surface area contributed by atoms with Gasteiger partial charge >= 0.3 is 0 Å². The van der Waals surface area contributed by atoms with E-state index in [0.29, 0.717) is 0 Å². The molecule has 23 heavy (non-hydrogen) atoms. The van der Waals surface area contributed by atoms with Crippen LogP contribution in [-0.2, 0) is 12.3 Å². The number of thioether (sulfide) groups is 1. The third-order valence-corrected chi connectivity index (χ3v) is 5.35. The first kappa shape index (κ1) is 16.0. The molecule has 0 radical (unpaired) electrons. The molecule has 118 valence electrons. The highest BCUT2D eigenvalue weighted by molar-refractivity contribution is 7.98. The molecule has 0 saturated heterocycles. The summed E-state index contributed by atoms with van der Waals surface area (Å²) in [5.74, 6) is 1.70. The van der Waals surface area contributed by atoms with Crippen molar-refractivity contribution in [2.45, 2.75) is 31.3 Å². The molecule has 6 heteroatoms. The van der Waals surface area contributed by atoms with Gasteiger partial charge in [0.2, 0.25) is 0 Å². The standard InChI is InChI=1S/C17H18N4S2/c1-4-9-21-13(3)19-20-17(21)23-11-15-10-22-16(18-15)14-7-5-12(2)6-8-14/h4-8,10H,1,9,11H2,2-3H3. The number of hydrogen-bond donors (Lipinski definition) is 0. The number of rotatable bonds is 6. The van der Waals surface area contributed by atoms with Crippen molar-refractivity contribution in [3.63, 3.8) is 0 Å². The van der Waals surface area contributed by atoms with Crippen molar-refractivity contribution in [3.05, 3.63) is 59.4 Å². The number of allylic oxidation sites excluding steroid dienone is 1. The Morgan fingerprint density at radius 2 is 2.00 bits per heavy atom. The van der Waals surface area contributed by atoms with Crippen molar-refractivity contribution < 1.29 is 0 Å². The fraction of sp³-hybridized carbons (Fsp3) is 0.235. The van der Waals surface area contributed by atoms with Gasteiger partial charge in [0.1, 0.15) is 10.8 Å². The lowest BCUT2D eigenvalue weighted by Crippen LogP contribution is -2.00. The number of aryl methyl sites for hydroxylation is 2. The number of benzene rings is 1. The Hall–Kier alpha value is -1.92. The predicted octanol–water partition coefficient (Wildman–Crippen LogP) is 4.50. The number of hydrogen-bond acceptors (Lipinski definition) is 5. The maximum atomic E-state index is 4.73. The van der Waals surface area contributed by atoms with E-state index in [-0.39, 0.29) is 0 Å². The molecule has 2 heterocycles. The molecule has 2 aromatic heterocycles. The Morgan fingerprint density at radius 3 is 2.74 bits per heavy atom. The first-order valence-electron chi connectivity index (χ1n) is 7.32. The van der Waals surface area contributed by atoms with Gasteiger partial charge in [-0.2, -0.15) is 0 Å². The maximum absolute atomic E-state index is 4.73. The van der Waals surface area contributed by atoms with Gasteiger partial charge in [-0.3, -0.25) is 0 Å². The highest BCUT2D eigenvalue weighted by atomic mass is 32.2. The van der Waals surface area contributed by atoms with Gasteiger partial charge in [0, 0.05) is 23.2 Å². The van der Waals surface area contributed by atoms with Gasteiger partial charge in [-0.25, -0.2) is 4.98 Å². The quantitative estimate of drug-likeness (QED) is 0.489. The van der Waals surface area contributed by atoms with E-state index >= 15 is 0 Å². The highest BCUT2D eigenvalue weighted by Gasteiger charge is 2.10. The summed E-state index contributed by atoms with van der Waals surface area (Å²) in [6, 6.07) is 8.47.